The van der Waals surface area contributed by atoms with Crippen molar-refractivity contribution >= 4 is 33.6 Å². The van der Waals surface area contributed by atoms with Crippen LogP contribution in [0.5, 0.6) is 5.75 Å². The third-order valence-corrected chi connectivity index (χ3v) is 3.48. The van der Waals surface area contributed by atoms with Crippen LogP contribution in [0.1, 0.15) is 4.88 Å². The molecule has 2 heterocycles. The van der Waals surface area contributed by atoms with Crippen LogP contribution in [0.4, 0.5) is 5.95 Å². The maximum atomic E-state index is 10.0. The Balaban J connectivity index is 2.03. The molecule has 4 nitrogen and oxygen atoms in total. The van der Waals surface area contributed by atoms with E-state index in [1.165, 1.54) is 11.3 Å². The van der Waals surface area contributed by atoms with Gasteiger partial charge < -0.3 is 10.1 Å². The Hall–Kier alpha value is -2.14. The smallest absolute Gasteiger partial charge is 0.226 e. The normalized spacial score (nSPS) is 11.5. The molecule has 0 fully saturated rings. The molecule has 0 bridgehead atoms. The van der Waals surface area contributed by atoms with E-state index in [0.29, 0.717) is 5.95 Å². The second kappa shape index (κ2) is 4.03. The average molecular weight is 243 g/mol. The first-order valence-electron chi connectivity index (χ1n) is 5.08. The lowest BCUT2D eigenvalue weighted by Gasteiger charge is -1.89. The summed E-state index contributed by atoms with van der Waals surface area (Å²) in [7, 11) is 0. The Labute approximate surface area is 101 Å². The lowest BCUT2D eigenvalue weighted by molar-refractivity contribution is 0.483. The minimum absolute atomic E-state index is 0.279. The Morgan fingerprint density at radius 2 is 2.24 bits per heavy atom. The van der Waals surface area contributed by atoms with Crippen molar-refractivity contribution in [2.75, 3.05) is 0 Å². The number of thiophene rings is 1. The van der Waals surface area contributed by atoms with E-state index in [2.05, 4.69) is 15.0 Å². The monoisotopic (exact) mass is 243 g/mol. The number of hydrogen-bond acceptors (Lipinski definition) is 4. The fourth-order valence-corrected chi connectivity index (χ4v) is 2.56. The maximum absolute atomic E-state index is 10.0. The molecule has 3 rings (SSSR count). The highest BCUT2D eigenvalue weighted by Gasteiger charge is 2.08. The van der Waals surface area contributed by atoms with Crippen LogP contribution in [0.15, 0.2) is 41.7 Å². The van der Waals surface area contributed by atoms with Crippen molar-refractivity contribution in [3.05, 3.63) is 41.5 Å². The van der Waals surface area contributed by atoms with Crippen LogP contribution in [-0.2, 0) is 0 Å². The van der Waals surface area contributed by atoms with E-state index in [4.69, 9.17) is 0 Å². The van der Waals surface area contributed by atoms with Crippen molar-refractivity contribution in [1.82, 2.24) is 9.97 Å². The lowest BCUT2D eigenvalue weighted by Crippen LogP contribution is -1.74. The van der Waals surface area contributed by atoms with Crippen LogP contribution in [0, 0.1) is 0 Å². The summed E-state index contributed by atoms with van der Waals surface area (Å²) in [4.78, 5) is 11.7. The Morgan fingerprint density at radius 1 is 1.35 bits per heavy atom. The molecule has 2 aromatic heterocycles. The predicted octanol–water partition coefficient (Wildman–Crippen LogP) is 3.08. The highest BCUT2D eigenvalue weighted by molar-refractivity contribution is 7.21. The first-order valence-corrected chi connectivity index (χ1v) is 5.90. The summed E-state index contributed by atoms with van der Waals surface area (Å²) < 4.78 is 1.05. The summed E-state index contributed by atoms with van der Waals surface area (Å²) in [6.45, 7) is 0. The van der Waals surface area contributed by atoms with E-state index in [-0.39, 0.29) is 5.75 Å². The van der Waals surface area contributed by atoms with Gasteiger partial charge >= 0.3 is 0 Å². The minimum atomic E-state index is 0.279. The van der Waals surface area contributed by atoms with Crippen LogP contribution in [0.2, 0.25) is 0 Å². The molecule has 2 N–H and O–H groups in total. The summed E-state index contributed by atoms with van der Waals surface area (Å²) in [6, 6.07) is 7.73. The third-order valence-electron chi connectivity index (χ3n) is 2.38. The van der Waals surface area contributed by atoms with Gasteiger partial charge in [-0.25, -0.2) is 9.98 Å². The van der Waals surface area contributed by atoms with E-state index in [1.807, 2.05) is 24.3 Å². The summed E-state index contributed by atoms with van der Waals surface area (Å²) in [5.41, 5.74) is 0. The average Bonchev–Trinajstić information content (AvgIpc) is 2.96. The molecule has 0 radical (unpaired) electrons. The van der Waals surface area contributed by atoms with Gasteiger partial charge in [0.15, 0.2) is 0 Å². The third kappa shape index (κ3) is 1.81. The minimum Gasteiger partial charge on any atom is -0.506 e. The van der Waals surface area contributed by atoms with Gasteiger partial charge in [-0.3, -0.25) is 0 Å². The molecule has 84 valence electrons. The van der Waals surface area contributed by atoms with Crippen LogP contribution < -0.4 is 0 Å². The maximum Gasteiger partial charge on any atom is 0.226 e. The molecule has 0 unspecified atom stereocenters. The summed E-state index contributed by atoms with van der Waals surface area (Å²) in [5, 5.41) is 10.9. The highest BCUT2D eigenvalue weighted by atomic mass is 32.1. The number of aromatic nitrogens is 2. The van der Waals surface area contributed by atoms with Crippen molar-refractivity contribution in [1.29, 1.82) is 0 Å². The van der Waals surface area contributed by atoms with Crippen LogP contribution in [0.25, 0.3) is 10.1 Å². The molecule has 0 aliphatic heterocycles. The number of nitrogens with one attached hydrogen (secondary N) is 1. The summed E-state index contributed by atoms with van der Waals surface area (Å²) in [5.74, 6) is 0.808. The van der Waals surface area contributed by atoms with Gasteiger partial charge in [0.05, 0.1) is 11.1 Å². The molecule has 0 amide bonds. The van der Waals surface area contributed by atoms with Gasteiger partial charge in [0.1, 0.15) is 5.75 Å². The van der Waals surface area contributed by atoms with E-state index in [0.717, 1.165) is 15.0 Å². The zero-order valence-electron chi connectivity index (χ0n) is 8.79. The second-order valence-corrected chi connectivity index (χ2v) is 4.57. The fourth-order valence-electron chi connectivity index (χ4n) is 1.59. The quantitative estimate of drug-likeness (QED) is 0.679. The molecule has 0 atom stereocenters. The second-order valence-electron chi connectivity index (χ2n) is 3.48. The van der Waals surface area contributed by atoms with Crippen molar-refractivity contribution in [2.45, 2.75) is 0 Å². The van der Waals surface area contributed by atoms with Crippen molar-refractivity contribution in [3.63, 3.8) is 0 Å². The van der Waals surface area contributed by atoms with Gasteiger partial charge in [-0.05, 0) is 12.1 Å². The Morgan fingerprint density at radius 3 is 3.00 bits per heavy atom. The van der Waals surface area contributed by atoms with Gasteiger partial charge in [-0.1, -0.05) is 12.1 Å². The van der Waals surface area contributed by atoms with E-state index in [9.17, 15) is 5.11 Å². The van der Waals surface area contributed by atoms with Crippen molar-refractivity contribution in [2.24, 2.45) is 4.99 Å². The zero-order chi connectivity index (χ0) is 11.7. The molecular weight excluding hydrogens is 234 g/mol. The summed E-state index contributed by atoms with van der Waals surface area (Å²) in [6.07, 6.45) is 4.97. The van der Waals surface area contributed by atoms with Crippen molar-refractivity contribution in [3.8, 4) is 5.75 Å². The van der Waals surface area contributed by atoms with Crippen molar-refractivity contribution < 1.29 is 5.11 Å². The standard InChI is InChI=1S/C12H9N3OS/c16-11-8-3-1-2-4-9(8)17-10(11)7-15-12-13-5-6-14-12/h1-7,16H,(H,13,14)/b15-7+. The first-order chi connectivity index (χ1) is 8.34. The van der Waals surface area contributed by atoms with E-state index < -0.39 is 0 Å². The molecule has 0 saturated carbocycles. The Kier molecular flexibility index (Phi) is 2.38. The van der Waals surface area contributed by atoms with Crippen LogP contribution in [0.3, 0.4) is 0 Å². The van der Waals surface area contributed by atoms with E-state index in [1.54, 1.807) is 18.6 Å². The molecule has 17 heavy (non-hydrogen) atoms. The molecule has 0 aliphatic carbocycles. The Bertz CT molecular complexity index is 670. The molecule has 3 aromatic rings. The molecule has 1 aromatic carbocycles. The predicted molar refractivity (Wildman–Crippen MR) is 69.3 cm³/mol. The number of aliphatic imine (C=N–C) groups is 1. The number of rotatable bonds is 2. The lowest BCUT2D eigenvalue weighted by atomic mass is 10.2. The fraction of sp³-hybridized carbons (Fsp3) is 0. The van der Waals surface area contributed by atoms with Gasteiger partial charge in [0.25, 0.3) is 0 Å². The SMILES string of the molecule is Oc1c(/C=N/c2ncc[nH]2)sc2ccccc12. The van der Waals surface area contributed by atoms with Gasteiger partial charge in [-0.15, -0.1) is 11.3 Å². The van der Waals surface area contributed by atoms with E-state index >= 15 is 0 Å². The topological polar surface area (TPSA) is 61.3 Å². The number of H-pyrrole nitrogens is 1. The van der Waals surface area contributed by atoms with Gasteiger partial charge in [0, 0.05) is 22.5 Å². The molecular formula is C12H9N3OS. The van der Waals surface area contributed by atoms with Crippen LogP contribution in [-0.4, -0.2) is 21.3 Å². The van der Waals surface area contributed by atoms with Crippen LogP contribution >= 0.6 is 11.3 Å². The molecule has 5 heteroatoms. The number of aromatic amines is 1. The number of hydrogen-bond donors (Lipinski definition) is 2. The number of nitrogens with zero attached hydrogens (tertiary/aromatic N) is 2. The largest absolute Gasteiger partial charge is 0.506 e. The van der Waals surface area contributed by atoms with Gasteiger partial charge in [-0.2, -0.15) is 0 Å². The number of aromatic hydroxyl groups is 1. The number of fused-ring (bicyclic) bond motifs is 1. The molecule has 0 saturated heterocycles. The highest BCUT2D eigenvalue weighted by Crippen LogP contribution is 2.35. The number of benzene rings is 1. The molecule has 0 aliphatic rings. The number of imidazole rings is 1. The zero-order valence-corrected chi connectivity index (χ0v) is 9.61. The molecule has 0 spiro atoms. The first kappa shape index (κ1) is 10.0. The van der Waals surface area contributed by atoms with Gasteiger partial charge in [0.2, 0.25) is 5.95 Å². The summed E-state index contributed by atoms with van der Waals surface area (Å²) >= 11 is 1.50.